The molecule has 2 aromatic carbocycles. The topological polar surface area (TPSA) is 46.1 Å². The van der Waals surface area contributed by atoms with Crippen LogP contribution in [0.5, 0.6) is 0 Å². The average Bonchev–Trinajstić information content (AvgIpc) is 3.09. The van der Waals surface area contributed by atoms with Crippen molar-refractivity contribution >= 4 is 22.5 Å². The van der Waals surface area contributed by atoms with Crippen LogP contribution in [0.2, 0.25) is 0 Å². The fraction of sp³-hybridized carbons (Fsp3) is 0.400. The second-order valence-electron chi connectivity index (χ2n) is 5.17. The highest BCUT2D eigenvalue weighted by atomic mass is 16.2. The summed E-state index contributed by atoms with van der Waals surface area (Å²) < 4.78 is 0. The van der Waals surface area contributed by atoms with Gasteiger partial charge in [0.05, 0.1) is 11.2 Å². The van der Waals surface area contributed by atoms with E-state index in [2.05, 4.69) is 9.97 Å². The van der Waals surface area contributed by atoms with Gasteiger partial charge in [0.15, 0.2) is 0 Å². The Kier molecular flexibility index (Phi) is 12.9. The van der Waals surface area contributed by atoms with E-state index >= 15 is 0 Å². The molecular formula is C25H37N3O. The van der Waals surface area contributed by atoms with Crippen LogP contribution < -0.4 is 4.90 Å². The molecule has 1 unspecified atom stereocenters. The van der Waals surface area contributed by atoms with Gasteiger partial charge in [-0.05, 0) is 17.7 Å². The van der Waals surface area contributed by atoms with Gasteiger partial charge in [-0.15, -0.1) is 0 Å². The number of carbonyl (C=O) groups is 1. The lowest BCUT2D eigenvalue weighted by atomic mass is 9.94. The van der Waals surface area contributed by atoms with Crippen molar-refractivity contribution < 1.29 is 4.79 Å². The predicted octanol–water partition coefficient (Wildman–Crippen LogP) is 6.84. The number of benzene rings is 2. The monoisotopic (exact) mass is 395 g/mol. The zero-order valence-electron chi connectivity index (χ0n) is 19.5. The fourth-order valence-electron chi connectivity index (χ4n) is 3.00. The van der Waals surface area contributed by atoms with E-state index in [1.807, 2.05) is 111 Å². The number of amides is 1. The molecule has 1 aliphatic rings. The first-order chi connectivity index (χ1) is 14.3. The molecule has 0 fully saturated rings. The molecule has 4 rings (SSSR count). The molecule has 1 aromatic heterocycles. The van der Waals surface area contributed by atoms with Crippen molar-refractivity contribution in [2.45, 2.75) is 61.3 Å². The van der Waals surface area contributed by atoms with Crippen LogP contribution in [0.1, 0.15) is 72.6 Å². The van der Waals surface area contributed by atoms with Gasteiger partial charge in [-0.1, -0.05) is 91.8 Å². The van der Waals surface area contributed by atoms with Crippen LogP contribution in [0, 0.1) is 0 Å². The number of para-hydroxylation sites is 2. The highest BCUT2D eigenvalue weighted by molar-refractivity contribution is 6.08. The zero-order valence-corrected chi connectivity index (χ0v) is 19.5. The summed E-state index contributed by atoms with van der Waals surface area (Å²) >= 11 is 0. The first kappa shape index (κ1) is 26.2. The molecule has 2 heterocycles. The Balaban J connectivity index is 0.000000881. The molecule has 0 saturated heterocycles. The Bertz CT molecular complexity index is 856. The van der Waals surface area contributed by atoms with Crippen molar-refractivity contribution in [2.75, 3.05) is 11.9 Å². The van der Waals surface area contributed by atoms with Gasteiger partial charge in [0.2, 0.25) is 5.91 Å². The van der Waals surface area contributed by atoms with Crippen molar-refractivity contribution in [1.29, 1.82) is 0 Å². The van der Waals surface area contributed by atoms with Crippen LogP contribution in [0.15, 0.2) is 54.9 Å². The third-order valence-electron chi connectivity index (χ3n) is 4.03. The molecule has 0 radical (unpaired) electrons. The smallest absolute Gasteiger partial charge is 0.240 e. The number of anilines is 1. The lowest BCUT2D eigenvalue weighted by Crippen LogP contribution is -2.25. The summed E-state index contributed by atoms with van der Waals surface area (Å²) in [5, 5.41) is 0.934. The van der Waals surface area contributed by atoms with Gasteiger partial charge >= 0.3 is 0 Å². The maximum Gasteiger partial charge on any atom is 0.240 e. The Hall–Kier alpha value is -2.75. The van der Waals surface area contributed by atoms with Gasteiger partial charge in [0.1, 0.15) is 12.2 Å². The van der Waals surface area contributed by atoms with Crippen molar-refractivity contribution in [3.63, 3.8) is 0 Å². The van der Waals surface area contributed by atoms with E-state index in [0.29, 0.717) is 0 Å². The Labute approximate surface area is 177 Å². The minimum absolute atomic E-state index is 0.0556. The van der Waals surface area contributed by atoms with E-state index < -0.39 is 0 Å². The van der Waals surface area contributed by atoms with Crippen LogP contribution >= 0.6 is 0 Å². The number of hydrogen-bond donors (Lipinski definition) is 0. The summed E-state index contributed by atoms with van der Waals surface area (Å²) in [6, 6.07) is 15.7. The molecule has 0 spiro atoms. The Morgan fingerprint density at radius 3 is 1.97 bits per heavy atom. The molecule has 0 saturated carbocycles. The summed E-state index contributed by atoms with van der Waals surface area (Å²) in [7, 11) is 1.81. The number of nitrogens with zero attached hydrogens (tertiary/aromatic N) is 3. The zero-order chi connectivity index (χ0) is 22.4. The van der Waals surface area contributed by atoms with Crippen LogP contribution in [0.25, 0.3) is 10.9 Å². The molecule has 29 heavy (non-hydrogen) atoms. The number of carbonyl (C=O) groups excluding carboxylic acids is 1. The third kappa shape index (κ3) is 5.63. The molecule has 0 aliphatic carbocycles. The minimum Gasteiger partial charge on any atom is -0.314 e. The molecule has 1 amide bonds. The second kappa shape index (κ2) is 14.3. The summed E-state index contributed by atoms with van der Waals surface area (Å²) in [5.74, 6) is -0.292. The number of hydrogen-bond acceptors (Lipinski definition) is 3. The van der Waals surface area contributed by atoms with Gasteiger partial charge < -0.3 is 4.90 Å². The number of fused-ring (bicyclic) bond motifs is 2. The second-order valence-corrected chi connectivity index (χ2v) is 5.17. The van der Waals surface area contributed by atoms with E-state index in [-0.39, 0.29) is 11.8 Å². The molecule has 158 valence electrons. The molecule has 4 nitrogen and oxygen atoms in total. The van der Waals surface area contributed by atoms with Gasteiger partial charge in [0, 0.05) is 18.1 Å². The highest BCUT2D eigenvalue weighted by Gasteiger charge is 2.37. The van der Waals surface area contributed by atoms with Crippen molar-refractivity contribution in [3.8, 4) is 0 Å². The Morgan fingerprint density at radius 2 is 1.31 bits per heavy atom. The van der Waals surface area contributed by atoms with Crippen molar-refractivity contribution in [1.82, 2.24) is 9.97 Å². The van der Waals surface area contributed by atoms with Crippen LogP contribution in [0.4, 0.5) is 5.69 Å². The SMILES string of the molecule is CC.CC.CC.CC.CN1C(=O)C(c2ncnc3ccccc23)c2ccccc21. The van der Waals surface area contributed by atoms with Crippen LogP contribution in [0.3, 0.4) is 0 Å². The Morgan fingerprint density at radius 1 is 0.759 bits per heavy atom. The van der Waals surface area contributed by atoms with Crippen molar-refractivity contribution in [2.24, 2.45) is 0 Å². The average molecular weight is 396 g/mol. The quantitative estimate of drug-likeness (QED) is 0.453. The van der Waals surface area contributed by atoms with Crippen LogP contribution in [-0.4, -0.2) is 22.9 Å². The number of rotatable bonds is 1. The van der Waals surface area contributed by atoms with E-state index in [4.69, 9.17) is 0 Å². The summed E-state index contributed by atoms with van der Waals surface area (Å²) in [5.41, 5.74) is 3.61. The van der Waals surface area contributed by atoms with Gasteiger partial charge in [-0.3, -0.25) is 4.79 Å². The van der Waals surface area contributed by atoms with E-state index in [1.165, 1.54) is 6.33 Å². The highest BCUT2D eigenvalue weighted by Crippen LogP contribution is 2.41. The van der Waals surface area contributed by atoms with E-state index in [0.717, 1.165) is 27.8 Å². The third-order valence-corrected chi connectivity index (χ3v) is 4.03. The standard InChI is InChI=1S/C17H13N3O.4C2H6/c1-20-14-9-5-3-7-12(14)15(17(20)21)16-11-6-2-4-8-13(11)18-10-19-16;4*1-2/h2-10,15H,1H3;4*1-2H3. The summed E-state index contributed by atoms with van der Waals surface area (Å²) in [4.78, 5) is 23.1. The summed E-state index contributed by atoms with van der Waals surface area (Å²) in [6.07, 6.45) is 1.53. The largest absolute Gasteiger partial charge is 0.314 e. The molecule has 0 N–H and O–H groups in total. The first-order valence-corrected chi connectivity index (χ1v) is 10.8. The fourth-order valence-corrected chi connectivity index (χ4v) is 3.00. The molecule has 3 aromatic rings. The maximum absolute atomic E-state index is 12.7. The molecule has 4 heteroatoms. The molecule has 1 aliphatic heterocycles. The number of aromatic nitrogens is 2. The lowest BCUT2D eigenvalue weighted by molar-refractivity contribution is -0.118. The van der Waals surface area contributed by atoms with Gasteiger partial charge in [0.25, 0.3) is 0 Å². The normalized spacial score (nSPS) is 13.3. The molecule has 1 atom stereocenters. The molecular weight excluding hydrogens is 358 g/mol. The minimum atomic E-state index is -0.348. The van der Waals surface area contributed by atoms with Gasteiger partial charge in [-0.2, -0.15) is 0 Å². The first-order valence-electron chi connectivity index (χ1n) is 10.8. The van der Waals surface area contributed by atoms with Crippen LogP contribution in [-0.2, 0) is 4.79 Å². The van der Waals surface area contributed by atoms with Crippen molar-refractivity contribution in [3.05, 3.63) is 66.1 Å². The van der Waals surface area contributed by atoms with E-state index in [9.17, 15) is 4.79 Å². The number of likely N-dealkylation sites (N-methyl/N-ethyl adjacent to an activating group) is 1. The molecule has 0 bridgehead atoms. The maximum atomic E-state index is 12.7. The lowest BCUT2D eigenvalue weighted by Gasteiger charge is -2.12. The predicted molar refractivity (Wildman–Crippen MR) is 127 cm³/mol. The summed E-state index contributed by atoms with van der Waals surface area (Å²) in [6.45, 7) is 16.0. The van der Waals surface area contributed by atoms with E-state index in [1.54, 1.807) is 4.90 Å². The van der Waals surface area contributed by atoms with Gasteiger partial charge in [-0.25, -0.2) is 9.97 Å².